The minimum absolute atomic E-state index is 0.604. The van der Waals surface area contributed by atoms with E-state index in [9.17, 15) is 0 Å². The maximum Gasteiger partial charge on any atom is -0.162 e. The fourth-order valence-electron chi connectivity index (χ4n) is 2.66. The maximum atomic E-state index is 4.70. The Kier molecular flexibility index (Phi) is 26.4. The molecule has 0 aromatic rings. The number of rotatable bonds is 10. The van der Waals surface area contributed by atoms with Crippen LogP contribution in [0.2, 0.25) is 0 Å². The molecule has 0 aromatic carbocycles. The summed E-state index contributed by atoms with van der Waals surface area (Å²) < 4.78 is 9.40. The van der Waals surface area contributed by atoms with Gasteiger partial charge in [0, 0.05) is 0 Å². The van der Waals surface area contributed by atoms with Crippen molar-refractivity contribution >= 4 is 0 Å². The SMILES string of the molecule is CC(C)N(CC[N]=[W]=[N]CCN(C(C)C)C(C)C)C(C)C.C[N-]C.C[N-]C. The van der Waals surface area contributed by atoms with Gasteiger partial charge in [-0.3, -0.25) is 0 Å². The van der Waals surface area contributed by atoms with Crippen LogP contribution >= 0.6 is 0 Å². The molecule has 0 bridgehead atoms. The van der Waals surface area contributed by atoms with Crippen molar-refractivity contribution in [3.63, 3.8) is 0 Å². The van der Waals surface area contributed by atoms with E-state index in [4.69, 9.17) is 6.99 Å². The van der Waals surface area contributed by atoms with Crippen LogP contribution in [0.15, 0.2) is 6.99 Å². The third-order valence-corrected chi connectivity index (χ3v) is 5.81. The summed E-state index contributed by atoms with van der Waals surface area (Å²) in [5, 5.41) is 7.00. The van der Waals surface area contributed by atoms with Crippen molar-refractivity contribution in [2.24, 2.45) is 6.99 Å². The molecule has 27 heavy (non-hydrogen) atoms. The van der Waals surface area contributed by atoms with Gasteiger partial charge in [0.2, 0.25) is 0 Å². The molecule has 0 atom stereocenters. The first-order valence-electron chi connectivity index (χ1n) is 10.1. The van der Waals surface area contributed by atoms with Gasteiger partial charge >= 0.3 is 141 Å². The topological polar surface area (TPSA) is 59.4 Å². The van der Waals surface area contributed by atoms with E-state index in [1.165, 1.54) is 0 Å². The Morgan fingerprint density at radius 2 is 0.815 bits per heavy atom. The van der Waals surface area contributed by atoms with Gasteiger partial charge in [0.15, 0.2) is 0 Å². The summed E-state index contributed by atoms with van der Waals surface area (Å²) in [6.45, 7) is 22.2. The summed E-state index contributed by atoms with van der Waals surface area (Å²) in [6, 6.07) is 2.42. The normalized spacial score (nSPS) is 10.9. The quantitative estimate of drug-likeness (QED) is 0.384. The minimum atomic E-state index is -0.821. The molecule has 0 saturated carbocycles. The fourth-order valence-corrected chi connectivity index (χ4v) is 4.13. The molecule has 6 nitrogen and oxygen atoms in total. The summed E-state index contributed by atoms with van der Waals surface area (Å²) in [7, 11) is 7.00. The summed E-state index contributed by atoms with van der Waals surface area (Å²) in [6.07, 6.45) is 0. The molecule has 0 aliphatic carbocycles. The molecule has 0 aromatic heterocycles. The van der Waals surface area contributed by atoms with Crippen molar-refractivity contribution in [1.29, 1.82) is 0 Å². The Morgan fingerprint density at radius 3 is 1.00 bits per heavy atom. The zero-order chi connectivity index (χ0) is 21.8. The van der Waals surface area contributed by atoms with Gasteiger partial charge in [-0.05, 0) is 0 Å². The predicted octanol–water partition coefficient (Wildman–Crippen LogP) is 4.91. The third kappa shape index (κ3) is 22.3. The van der Waals surface area contributed by atoms with E-state index in [2.05, 4.69) is 75.8 Å². The van der Waals surface area contributed by atoms with Crippen molar-refractivity contribution in [2.75, 3.05) is 54.4 Å². The van der Waals surface area contributed by atoms with E-state index in [-0.39, 0.29) is 0 Å². The molecule has 0 heterocycles. The molecule has 0 N–H and O–H groups in total. The van der Waals surface area contributed by atoms with Crippen molar-refractivity contribution in [1.82, 2.24) is 9.80 Å². The molecular formula is C20H48N6W-2. The van der Waals surface area contributed by atoms with E-state index in [0.29, 0.717) is 24.2 Å². The first-order valence-corrected chi connectivity index (χ1v) is 12.7. The van der Waals surface area contributed by atoms with Crippen LogP contribution in [-0.2, 0) is 18.2 Å². The second-order valence-corrected chi connectivity index (χ2v) is 9.97. The molecule has 0 rings (SSSR count). The predicted molar refractivity (Wildman–Crippen MR) is 119 cm³/mol. The largest absolute Gasteiger partial charge is 0.668 e. The van der Waals surface area contributed by atoms with Crippen LogP contribution in [0.4, 0.5) is 0 Å². The standard InChI is InChI=1S/2C8H18N2.2C2H6N.W/c2*1-7(2)10(6-5-9)8(3)4;2*1-3-2;/h2*7-8H,5-6H2,1-4H3;2*1-2H3;/q;;2*-1;. The Labute approximate surface area is 179 Å². The second kappa shape index (κ2) is 22.4. The molecular weight excluding hydrogens is 508 g/mol. The molecule has 7 heteroatoms. The van der Waals surface area contributed by atoms with E-state index < -0.39 is 18.2 Å². The van der Waals surface area contributed by atoms with Crippen molar-refractivity contribution in [3.8, 4) is 0 Å². The molecule has 0 fully saturated rings. The van der Waals surface area contributed by atoms with Gasteiger partial charge in [0.05, 0.1) is 0 Å². The number of hydrogen-bond acceptors (Lipinski definition) is 4. The van der Waals surface area contributed by atoms with Crippen LogP contribution < -0.4 is 0 Å². The van der Waals surface area contributed by atoms with Gasteiger partial charge in [-0.15, -0.1) is 0 Å². The van der Waals surface area contributed by atoms with Crippen LogP contribution in [0, 0.1) is 0 Å². The Morgan fingerprint density at radius 1 is 0.593 bits per heavy atom. The number of hydrogen-bond donors (Lipinski definition) is 0. The Balaban J connectivity index is -0.000000840. The molecule has 0 unspecified atom stereocenters. The fraction of sp³-hybridized carbons (Fsp3) is 1.00. The average Bonchev–Trinajstić information content (AvgIpc) is 2.53. The molecule has 0 aliphatic rings. The zero-order valence-electron chi connectivity index (χ0n) is 20.2. The summed E-state index contributed by atoms with van der Waals surface area (Å²) in [4.78, 5) is 5.00. The van der Waals surface area contributed by atoms with E-state index in [1.807, 2.05) is 0 Å². The zero-order valence-corrected chi connectivity index (χ0v) is 23.2. The molecule has 0 spiro atoms. The minimum Gasteiger partial charge on any atom is -0.668 e. The van der Waals surface area contributed by atoms with Crippen molar-refractivity contribution < 1.29 is 18.2 Å². The molecule has 0 saturated heterocycles. The van der Waals surface area contributed by atoms with Gasteiger partial charge in [0.1, 0.15) is 0 Å². The van der Waals surface area contributed by atoms with Gasteiger partial charge in [-0.25, -0.2) is 0 Å². The summed E-state index contributed by atoms with van der Waals surface area (Å²) in [5.41, 5.74) is 0. The number of nitrogens with zero attached hydrogens (tertiary/aromatic N) is 6. The molecule has 0 radical (unpaired) electrons. The van der Waals surface area contributed by atoms with Crippen LogP contribution in [0.3, 0.4) is 0 Å². The van der Waals surface area contributed by atoms with Crippen LogP contribution in [0.5, 0.6) is 0 Å². The van der Waals surface area contributed by atoms with Gasteiger partial charge in [0.25, 0.3) is 0 Å². The Bertz CT molecular complexity index is 306. The van der Waals surface area contributed by atoms with Gasteiger partial charge < -0.3 is 10.6 Å². The van der Waals surface area contributed by atoms with Gasteiger partial charge in [-0.2, -0.15) is 28.2 Å². The molecule has 166 valence electrons. The molecule has 0 aliphatic heterocycles. The van der Waals surface area contributed by atoms with Crippen LogP contribution in [0.25, 0.3) is 10.6 Å². The third-order valence-electron chi connectivity index (χ3n) is 3.67. The monoisotopic (exact) mass is 556 g/mol. The maximum absolute atomic E-state index is 4.70. The first-order chi connectivity index (χ1) is 12.6. The molecule has 0 amide bonds. The van der Waals surface area contributed by atoms with Crippen molar-refractivity contribution in [2.45, 2.75) is 79.6 Å². The Hall–Kier alpha value is 0.128. The van der Waals surface area contributed by atoms with Crippen LogP contribution in [-0.4, -0.2) is 88.3 Å². The second-order valence-electron chi connectivity index (χ2n) is 7.53. The van der Waals surface area contributed by atoms with Crippen LogP contribution in [0.1, 0.15) is 55.4 Å². The first kappa shape index (κ1) is 31.8. The van der Waals surface area contributed by atoms with E-state index in [1.54, 1.807) is 28.2 Å². The van der Waals surface area contributed by atoms with Gasteiger partial charge in [-0.1, -0.05) is 0 Å². The van der Waals surface area contributed by atoms with E-state index >= 15 is 0 Å². The van der Waals surface area contributed by atoms with Crippen molar-refractivity contribution in [3.05, 3.63) is 10.6 Å². The smallest absolute Gasteiger partial charge is 0.162 e. The average molecular weight is 556 g/mol. The summed E-state index contributed by atoms with van der Waals surface area (Å²) in [5.74, 6) is 0. The summed E-state index contributed by atoms with van der Waals surface area (Å²) >= 11 is -0.821. The van der Waals surface area contributed by atoms with E-state index in [0.717, 1.165) is 26.2 Å².